The van der Waals surface area contributed by atoms with Gasteiger partial charge in [-0.2, -0.15) is 0 Å². The third-order valence-corrected chi connectivity index (χ3v) is 5.55. The molecule has 0 saturated carbocycles. The second-order valence-electron chi connectivity index (χ2n) is 8.77. The van der Waals surface area contributed by atoms with Crippen LogP contribution in [0.2, 0.25) is 0 Å². The third-order valence-electron chi connectivity index (χ3n) is 5.55. The molecule has 3 heterocycles. The van der Waals surface area contributed by atoms with Crippen LogP contribution in [0.1, 0.15) is 48.6 Å². The van der Waals surface area contributed by atoms with E-state index >= 15 is 0 Å². The van der Waals surface area contributed by atoms with Crippen molar-refractivity contribution in [1.82, 2.24) is 35.3 Å². The Bertz CT molecular complexity index is 1260. The van der Waals surface area contributed by atoms with Gasteiger partial charge in [-0.3, -0.25) is 4.79 Å². The summed E-state index contributed by atoms with van der Waals surface area (Å²) in [5, 5.41) is 12.5. The van der Waals surface area contributed by atoms with Gasteiger partial charge in [0.25, 0.3) is 0 Å². The monoisotopic (exact) mass is 446 g/mol. The van der Waals surface area contributed by atoms with Crippen LogP contribution in [0.3, 0.4) is 0 Å². The summed E-state index contributed by atoms with van der Waals surface area (Å²) < 4.78 is 1.57. The molecule has 1 atom stereocenters. The Balaban J connectivity index is 1.62. The molecule has 0 radical (unpaired) electrons. The number of aryl methyl sites for hydroxylation is 1. The Kier molecular flexibility index (Phi) is 6.39. The maximum atomic E-state index is 13.0. The molecule has 0 fully saturated rings. The number of nitrogens with one attached hydrogen (secondary N) is 2. The molecule has 33 heavy (non-hydrogen) atoms. The van der Waals surface area contributed by atoms with Crippen molar-refractivity contribution in [2.24, 2.45) is 0 Å². The number of hydrogen-bond donors (Lipinski definition) is 2. The third kappa shape index (κ3) is 5.19. The fourth-order valence-electron chi connectivity index (χ4n) is 3.77. The fourth-order valence-corrected chi connectivity index (χ4v) is 3.77. The summed E-state index contributed by atoms with van der Waals surface area (Å²) >= 11 is 0. The molecule has 0 aliphatic rings. The first-order valence-corrected chi connectivity index (χ1v) is 11.1. The number of amides is 1. The number of fused-ring (bicyclic) bond motifs is 1. The molecule has 0 aliphatic heterocycles. The minimum atomic E-state index is -0.329. The number of carbonyl (C=O) groups is 1. The van der Waals surface area contributed by atoms with Gasteiger partial charge in [0.05, 0.1) is 17.4 Å². The zero-order chi connectivity index (χ0) is 23.5. The largest absolute Gasteiger partial charge is 0.363 e. The highest BCUT2D eigenvalue weighted by molar-refractivity contribution is 5.83. The van der Waals surface area contributed by atoms with Crippen LogP contribution in [0.25, 0.3) is 10.9 Å². The molecule has 0 saturated heterocycles. The molecular formula is C24H30N8O. The lowest BCUT2D eigenvalue weighted by molar-refractivity contribution is -0.122. The number of aromatic amines is 1. The predicted molar refractivity (Wildman–Crippen MR) is 128 cm³/mol. The van der Waals surface area contributed by atoms with Gasteiger partial charge in [-0.25, -0.2) is 14.6 Å². The number of aromatic nitrogens is 6. The van der Waals surface area contributed by atoms with Gasteiger partial charge < -0.3 is 15.2 Å². The van der Waals surface area contributed by atoms with Gasteiger partial charge in [-0.05, 0) is 24.5 Å². The van der Waals surface area contributed by atoms with Crippen LogP contribution < -0.4 is 10.2 Å². The van der Waals surface area contributed by atoms with Crippen molar-refractivity contribution in [2.45, 2.75) is 45.7 Å². The van der Waals surface area contributed by atoms with Crippen molar-refractivity contribution in [1.29, 1.82) is 0 Å². The second kappa shape index (κ2) is 9.40. The zero-order valence-electron chi connectivity index (χ0n) is 19.7. The van der Waals surface area contributed by atoms with Gasteiger partial charge in [0.2, 0.25) is 5.91 Å². The minimum absolute atomic E-state index is 0.0920. The second-order valence-corrected chi connectivity index (χ2v) is 8.77. The number of para-hydroxylation sites is 1. The lowest BCUT2D eigenvalue weighted by Crippen LogP contribution is -2.33. The van der Waals surface area contributed by atoms with Gasteiger partial charge in [0.1, 0.15) is 18.2 Å². The molecule has 0 unspecified atom stereocenters. The smallest absolute Gasteiger partial charge is 0.242 e. The molecule has 2 N–H and O–H groups in total. The number of H-pyrrole nitrogens is 1. The molecule has 9 heteroatoms. The number of rotatable bonds is 8. The normalized spacial score (nSPS) is 12.3. The van der Waals surface area contributed by atoms with E-state index < -0.39 is 0 Å². The minimum Gasteiger partial charge on any atom is -0.363 e. The quantitative estimate of drug-likeness (QED) is 0.431. The van der Waals surface area contributed by atoms with E-state index in [0.29, 0.717) is 12.2 Å². The van der Waals surface area contributed by atoms with E-state index in [-0.39, 0.29) is 24.4 Å². The number of benzene rings is 1. The van der Waals surface area contributed by atoms with E-state index in [0.717, 1.165) is 33.7 Å². The van der Waals surface area contributed by atoms with Crippen molar-refractivity contribution in [3.63, 3.8) is 0 Å². The first kappa shape index (κ1) is 22.4. The van der Waals surface area contributed by atoms with Crippen LogP contribution in [-0.4, -0.2) is 49.9 Å². The fraction of sp³-hybridized carbons (Fsp3) is 0.375. The SMILES string of the molecule is Cc1nc([C@H](Cc2c[nH]c3ccccc23)NC(=O)Cn2cc(C(C)C)nn2)cc(N(C)C)n1. The lowest BCUT2D eigenvalue weighted by Gasteiger charge is -2.21. The highest BCUT2D eigenvalue weighted by Gasteiger charge is 2.21. The Morgan fingerprint density at radius 1 is 1.18 bits per heavy atom. The summed E-state index contributed by atoms with van der Waals surface area (Å²) in [7, 11) is 3.88. The van der Waals surface area contributed by atoms with Crippen LogP contribution in [-0.2, 0) is 17.8 Å². The molecule has 0 aliphatic carbocycles. The Hall–Kier alpha value is -3.75. The first-order chi connectivity index (χ1) is 15.8. The van der Waals surface area contributed by atoms with Gasteiger partial charge >= 0.3 is 0 Å². The molecule has 1 amide bonds. The molecule has 4 aromatic rings. The zero-order valence-corrected chi connectivity index (χ0v) is 19.7. The van der Waals surface area contributed by atoms with Crippen LogP contribution in [0, 0.1) is 6.92 Å². The van der Waals surface area contributed by atoms with Gasteiger partial charge in [0, 0.05) is 49.9 Å². The molecule has 1 aromatic carbocycles. The van der Waals surface area contributed by atoms with E-state index in [4.69, 9.17) is 0 Å². The van der Waals surface area contributed by atoms with E-state index in [1.165, 1.54) is 0 Å². The highest BCUT2D eigenvalue weighted by atomic mass is 16.2. The van der Waals surface area contributed by atoms with Crippen molar-refractivity contribution in [2.75, 3.05) is 19.0 Å². The van der Waals surface area contributed by atoms with Crippen LogP contribution in [0.5, 0.6) is 0 Å². The van der Waals surface area contributed by atoms with Crippen molar-refractivity contribution in [3.8, 4) is 0 Å². The Morgan fingerprint density at radius 3 is 2.70 bits per heavy atom. The molecule has 3 aromatic heterocycles. The standard InChI is InChI=1S/C24H30N8O/c1-15(2)22-13-32(30-29-22)14-24(33)28-20(21-11-23(31(4)5)27-16(3)26-21)10-17-12-25-19-9-7-6-8-18(17)19/h6-9,11-13,15,20,25H,10,14H2,1-5H3,(H,28,33)/t20-/m0/s1. The van der Waals surface area contributed by atoms with Gasteiger partial charge in [-0.1, -0.05) is 37.3 Å². The first-order valence-electron chi connectivity index (χ1n) is 11.1. The predicted octanol–water partition coefficient (Wildman–Crippen LogP) is 3.15. The topological polar surface area (TPSA) is 105 Å². The number of anilines is 1. The summed E-state index contributed by atoms with van der Waals surface area (Å²) in [5.41, 5.74) is 3.81. The molecular weight excluding hydrogens is 416 g/mol. The van der Waals surface area contributed by atoms with Crippen LogP contribution in [0.15, 0.2) is 42.7 Å². The maximum absolute atomic E-state index is 13.0. The number of hydrogen-bond acceptors (Lipinski definition) is 6. The van der Waals surface area contributed by atoms with Crippen molar-refractivity contribution >= 4 is 22.6 Å². The summed E-state index contributed by atoms with van der Waals surface area (Å²) in [6, 6.07) is 9.75. The Morgan fingerprint density at radius 2 is 1.97 bits per heavy atom. The number of nitrogens with zero attached hydrogens (tertiary/aromatic N) is 6. The van der Waals surface area contributed by atoms with Gasteiger partial charge in [0.15, 0.2) is 0 Å². The average Bonchev–Trinajstić information content (AvgIpc) is 3.40. The molecule has 0 bridgehead atoms. The van der Waals surface area contributed by atoms with Gasteiger partial charge in [-0.15, -0.1) is 5.10 Å². The van der Waals surface area contributed by atoms with E-state index in [9.17, 15) is 4.79 Å². The summed E-state index contributed by atoms with van der Waals surface area (Å²) in [6.07, 6.45) is 4.41. The molecule has 9 nitrogen and oxygen atoms in total. The van der Waals surface area contributed by atoms with Crippen molar-refractivity contribution in [3.05, 3.63) is 65.5 Å². The molecule has 0 spiro atoms. The highest BCUT2D eigenvalue weighted by Crippen LogP contribution is 2.25. The molecule has 172 valence electrons. The van der Waals surface area contributed by atoms with Crippen molar-refractivity contribution < 1.29 is 4.79 Å². The summed E-state index contributed by atoms with van der Waals surface area (Å²) in [5.74, 6) is 1.56. The number of carbonyl (C=O) groups excluding carboxylic acids is 1. The van der Waals surface area contributed by atoms with Crippen LogP contribution >= 0.6 is 0 Å². The summed E-state index contributed by atoms with van der Waals surface area (Å²) in [4.78, 5) is 27.4. The molecule has 4 rings (SSSR count). The van der Waals surface area contributed by atoms with Crippen LogP contribution in [0.4, 0.5) is 5.82 Å². The lowest BCUT2D eigenvalue weighted by atomic mass is 10.0. The summed E-state index contributed by atoms with van der Waals surface area (Å²) in [6.45, 7) is 6.05. The maximum Gasteiger partial charge on any atom is 0.242 e. The van der Waals surface area contributed by atoms with E-state index in [1.807, 2.05) is 76.4 Å². The van der Waals surface area contributed by atoms with E-state index in [1.54, 1.807) is 4.68 Å². The Labute approximate surface area is 193 Å². The average molecular weight is 447 g/mol. The van der Waals surface area contributed by atoms with E-state index in [2.05, 4.69) is 36.6 Å².